The van der Waals surface area contributed by atoms with Crippen molar-refractivity contribution in [3.63, 3.8) is 0 Å². The van der Waals surface area contributed by atoms with Crippen molar-refractivity contribution in [2.75, 3.05) is 7.11 Å². The summed E-state index contributed by atoms with van der Waals surface area (Å²) in [7, 11) is 1.42. The summed E-state index contributed by atoms with van der Waals surface area (Å²) >= 11 is 0. The van der Waals surface area contributed by atoms with Gasteiger partial charge in [0.2, 0.25) is 0 Å². The highest BCUT2D eigenvalue weighted by atomic mass is 16.6. The maximum absolute atomic E-state index is 12.4. The molecule has 0 aromatic heterocycles. The van der Waals surface area contributed by atoms with Gasteiger partial charge in [0.15, 0.2) is 5.78 Å². The first-order valence-corrected chi connectivity index (χ1v) is 11.8. The Morgan fingerprint density at radius 3 is 2.68 bits per heavy atom. The van der Waals surface area contributed by atoms with Crippen LogP contribution < -0.4 is 0 Å². The monoisotopic (exact) mass is 430 g/mol. The number of esters is 2. The van der Waals surface area contributed by atoms with Gasteiger partial charge in [-0.3, -0.25) is 14.4 Å². The van der Waals surface area contributed by atoms with Gasteiger partial charge in [0.1, 0.15) is 5.60 Å². The predicted molar refractivity (Wildman–Crippen MR) is 112 cm³/mol. The molecule has 3 saturated carbocycles. The summed E-state index contributed by atoms with van der Waals surface area (Å²) in [5.74, 6) is 0.220. The first-order valence-electron chi connectivity index (χ1n) is 11.8. The normalized spacial score (nSPS) is 48.5. The molecule has 5 rings (SSSR count). The molecule has 1 spiro atoms. The molecular formula is C25H34O6. The Labute approximate surface area is 183 Å². The van der Waals surface area contributed by atoms with Crippen LogP contribution in [0.25, 0.3) is 0 Å². The van der Waals surface area contributed by atoms with E-state index < -0.39 is 11.7 Å². The molecule has 6 nitrogen and oxygen atoms in total. The highest BCUT2D eigenvalue weighted by molar-refractivity contribution is 5.91. The SMILES string of the molecule is COC(=O)C[C@@H]1CC2=CC(=O)CCC2(C)C2C1C1CC[C@@]3(CCC(=O)O3)C1(C)C[C@H]2O. The van der Waals surface area contributed by atoms with E-state index in [1.165, 1.54) is 7.11 Å². The van der Waals surface area contributed by atoms with Crippen molar-refractivity contribution >= 4 is 17.7 Å². The van der Waals surface area contributed by atoms with Gasteiger partial charge in [-0.1, -0.05) is 19.4 Å². The largest absolute Gasteiger partial charge is 0.469 e. The van der Waals surface area contributed by atoms with E-state index in [2.05, 4.69) is 13.8 Å². The average Bonchev–Trinajstić information content (AvgIpc) is 3.23. The number of methoxy groups -OCH3 is 1. The minimum Gasteiger partial charge on any atom is -0.469 e. The number of allylic oxidation sites excluding steroid dienone is 1. The number of fused-ring (bicyclic) bond motifs is 6. The number of rotatable bonds is 2. The molecule has 0 aromatic carbocycles. The van der Waals surface area contributed by atoms with Crippen LogP contribution in [0.3, 0.4) is 0 Å². The van der Waals surface area contributed by atoms with Crippen LogP contribution in [0.4, 0.5) is 0 Å². The molecule has 5 unspecified atom stereocenters. The molecule has 1 N–H and O–H groups in total. The Balaban J connectivity index is 1.59. The second-order valence-corrected chi connectivity index (χ2v) is 11.2. The topological polar surface area (TPSA) is 89.9 Å². The highest BCUT2D eigenvalue weighted by Crippen LogP contribution is 2.70. The minimum absolute atomic E-state index is 0.000542. The summed E-state index contributed by atoms with van der Waals surface area (Å²) in [5.41, 5.74) is 0.0851. The number of aliphatic hydroxyl groups excluding tert-OH is 1. The zero-order chi connectivity index (χ0) is 22.2. The van der Waals surface area contributed by atoms with Gasteiger partial charge in [-0.25, -0.2) is 0 Å². The van der Waals surface area contributed by atoms with Crippen molar-refractivity contribution in [3.05, 3.63) is 11.6 Å². The van der Waals surface area contributed by atoms with E-state index in [9.17, 15) is 19.5 Å². The number of hydrogen-bond acceptors (Lipinski definition) is 6. The third kappa shape index (κ3) is 2.82. The molecule has 8 atom stereocenters. The van der Waals surface area contributed by atoms with Crippen molar-refractivity contribution in [2.24, 2.45) is 34.5 Å². The Kier molecular flexibility index (Phi) is 4.71. The van der Waals surface area contributed by atoms with Gasteiger partial charge < -0.3 is 14.6 Å². The number of ether oxygens (including phenoxy) is 2. The maximum Gasteiger partial charge on any atom is 0.306 e. The molecule has 5 aliphatic rings. The molecule has 31 heavy (non-hydrogen) atoms. The van der Waals surface area contributed by atoms with Gasteiger partial charge in [0, 0.05) is 24.7 Å². The van der Waals surface area contributed by atoms with Gasteiger partial charge >= 0.3 is 11.9 Å². The fraction of sp³-hybridized carbons (Fsp3) is 0.800. The maximum atomic E-state index is 12.4. The number of carbonyl (C=O) groups excluding carboxylic acids is 3. The third-order valence-electron chi connectivity index (χ3n) is 10.1. The lowest BCUT2D eigenvalue weighted by Crippen LogP contribution is -2.61. The number of hydrogen-bond donors (Lipinski definition) is 1. The Hall–Kier alpha value is -1.69. The molecule has 1 aliphatic heterocycles. The van der Waals surface area contributed by atoms with Crippen LogP contribution in [0, 0.1) is 34.5 Å². The lowest BCUT2D eigenvalue weighted by atomic mass is 9.43. The van der Waals surface area contributed by atoms with E-state index in [1.54, 1.807) is 6.08 Å². The first-order chi connectivity index (χ1) is 14.6. The van der Waals surface area contributed by atoms with Crippen LogP contribution in [-0.2, 0) is 23.9 Å². The molecule has 4 fully saturated rings. The molecule has 1 saturated heterocycles. The fourth-order valence-corrected chi connectivity index (χ4v) is 8.60. The van der Waals surface area contributed by atoms with E-state index in [0.29, 0.717) is 32.1 Å². The van der Waals surface area contributed by atoms with Crippen molar-refractivity contribution < 1.29 is 29.0 Å². The summed E-state index contributed by atoms with van der Waals surface area (Å²) in [6.07, 6.45) is 7.06. The summed E-state index contributed by atoms with van der Waals surface area (Å²) in [5, 5.41) is 11.6. The zero-order valence-corrected chi connectivity index (χ0v) is 18.8. The minimum atomic E-state index is -0.553. The zero-order valence-electron chi connectivity index (χ0n) is 18.8. The molecule has 4 aliphatic carbocycles. The lowest BCUT2D eigenvalue weighted by Gasteiger charge is -2.62. The van der Waals surface area contributed by atoms with Crippen LogP contribution in [0.15, 0.2) is 11.6 Å². The molecule has 0 amide bonds. The quantitative estimate of drug-likeness (QED) is 0.676. The molecule has 0 aromatic rings. The van der Waals surface area contributed by atoms with Gasteiger partial charge in [-0.15, -0.1) is 0 Å². The Morgan fingerprint density at radius 2 is 2.00 bits per heavy atom. The molecule has 1 heterocycles. The van der Waals surface area contributed by atoms with Crippen molar-refractivity contribution in [2.45, 2.75) is 83.3 Å². The summed E-state index contributed by atoms with van der Waals surface area (Å²) < 4.78 is 11.0. The number of carbonyl (C=O) groups is 3. The fourth-order valence-electron chi connectivity index (χ4n) is 8.60. The molecule has 6 heteroatoms. The standard InChI is InChI=1S/C25H34O6/c1-23-7-4-16(26)12-15(23)10-14(11-20(29)30-3)21-17-5-8-25(9-6-19(28)31-25)24(17,2)13-18(27)22(21)23/h12,14,17-18,21-22,27H,4-11,13H2,1-3H3/t14-,17?,18+,21?,22?,23?,24?,25+/m0/s1. The summed E-state index contributed by atoms with van der Waals surface area (Å²) in [4.78, 5) is 36.7. The summed E-state index contributed by atoms with van der Waals surface area (Å²) in [6.45, 7) is 4.42. The van der Waals surface area contributed by atoms with Crippen LogP contribution in [0.1, 0.15) is 71.6 Å². The van der Waals surface area contributed by atoms with Crippen LogP contribution in [-0.4, -0.2) is 41.6 Å². The first kappa shape index (κ1) is 21.2. The van der Waals surface area contributed by atoms with Crippen molar-refractivity contribution in [1.82, 2.24) is 0 Å². The average molecular weight is 431 g/mol. The van der Waals surface area contributed by atoms with E-state index in [1.807, 2.05) is 0 Å². The van der Waals surface area contributed by atoms with E-state index in [4.69, 9.17) is 9.47 Å². The van der Waals surface area contributed by atoms with E-state index in [-0.39, 0.29) is 52.2 Å². The lowest BCUT2D eigenvalue weighted by molar-refractivity contribution is -0.193. The molecule has 0 radical (unpaired) electrons. The second-order valence-electron chi connectivity index (χ2n) is 11.2. The number of ketones is 1. The van der Waals surface area contributed by atoms with Crippen LogP contribution >= 0.6 is 0 Å². The van der Waals surface area contributed by atoms with Crippen molar-refractivity contribution in [1.29, 1.82) is 0 Å². The highest BCUT2D eigenvalue weighted by Gasteiger charge is 2.70. The summed E-state index contributed by atoms with van der Waals surface area (Å²) in [6, 6.07) is 0. The van der Waals surface area contributed by atoms with Crippen LogP contribution in [0.5, 0.6) is 0 Å². The van der Waals surface area contributed by atoms with Gasteiger partial charge in [-0.2, -0.15) is 0 Å². The van der Waals surface area contributed by atoms with Gasteiger partial charge in [0.05, 0.1) is 13.2 Å². The number of aliphatic hydroxyl groups is 1. The third-order valence-corrected chi connectivity index (χ3v) is 10.1. The van der Waals surface area contributed by atoms with Gasteiger partial charge in [-0.05, 0) is 73.7 Å². The predicted octanol–water partition coefficient (Wildman–Crippen LogP) is 3.35. The molecule has 170 valence electrons. The van der Waals surface area contributed by atoms with E-state index in [0.717, 1.165) is 31.3 Å². The molecular weight excluding hydrogens is 396 g/mol. The van der Waals surface area contributed by atoms with E-state index >= 15 is 0 Å². The second kappa shape index (κ2) is 6.90. The smallest absolute Gasteiger partial charge is 0.306 e. The molecule has 0 bridgehead atoms. The van der Waals surface area contributed by atoms with Gasteiger partial charge in [0.25, 0.3) is 0 Å². The van der Waals surface area contributed by atoms with Crippen molar-refractivity contribution in [3.8, 4) is 0 Å². The Morgan fingerprint density at radius 1 is 1.23 bits per heavy atom. The Bertz CT molecular complexity index is 862. The van der Waals surface area contributed by atoms with Crippen LogP contribution in [0.2, 0.25) is 0 Å².